The van der Waals surface area contributed by atoms with Crippen LogP contribution in [-0.4, -0.2) is 0 Å². The summed E-state index contributed by atoms with van der Waals surface area (Å²) >= 11 is 3.20. The maximum atomic E-state index is 11.1. The Hall–Kier alpha value is -0.830. The van der Waals surface area contributed by atoms with Crippen molar-refractivity contribution >= 4 is 22.0 Å². The zero-order chi connectivity index (χ0) is 8.27. The molecule has 1 aromatic rings. The molecule has 0 aromatic carbocycles. The minimum Gasteiger partial charge on any atom is -0.618 e. The van der Waals surface area contributed by atoms with Crippen molar-refractivity contribution < 1.29 is 4.73 Å². The summed E-state index contributed by atoms with van der Waals surface area (Å²) in [6.45, 7) is 1.88. The molecule has 3 heteroatoms. The van der Waals surface area contributed by atoms with E-state index in [1.165, 1.54) is 6.20 Å². The summed E-state index contributed by atoms with van der Waals surface area (Å²) in [5.74, 6) is 0. The molecular formula is C8H8BrNO. The first-order chi connectivity index (χ1) is 5.24. The molecule has 1 rings (SSSR count). The Morgan fingerprint density at radius 2 is 2.27 bits per heavy atom. The van der Waals surface area contributed by atoms with Crippen LogP contribution in [0.4, 0.5) is 0 Å². The largest absolute Gasteiger partial charge is 0.618 e. The Bertz CT molecular complexity index is 283. The first-order valence-electron chi connectivity index (χ1n) is 3.25. The van der Waals surface area contributed by atoms with E-state index in [-0.39, 0.29) is 0 Å². The molecule has 0 aliphatic carbocycles. The third-order valence-electron chi connectivity index (χ3n) is 1.25. The normalized spacial score (nSPS) is 10.7. The number of nitrogens with zero attached hydrogens (tertiary/aromatic N) is 1. The van der Waals surface area contributed by atoms with Gasteiger partial charge < -0.3 is 5.21 Å². The van der Waals surface area contributed by atoms with Crippen LogP contribution in [0.1, 0.15) is 12.6 Å². The van der Waals surface area contributed by atoms with Gasteiger partial charge in [0.25, 0.3) is 0 Å². The van der Waals surface area contributed by atoms with Gasteiger partial charge in [-0.05, 0) is 28.9 Å². The van der Waals surface area contributed by atoms with Gasteiger partial charge in [-0.2, -0.15) is 4.73 Å². The first kappa shape index (κ1) is 8.27. The third kappa shape index (κ3) is 2.05. The standard InChI is InChI=1S/C8H8BrNO/c1-2-3-8-5-4-7(9)6-10(8)11/h2-6H,1H3. The Labute approximate surface area is 73.9 Å². The molecular weight excluding hydrogens is 206 g/mol. The van der Waals surface area contributed by atoms with E-state index in [1.807, 2.05) is 19.1 Å². The Morgan fingerprint density at radius 1 is 1.55 bits per heavy atom. The first-order valence-corrected chi connectivity index (χ1v) is 4.05. The fourth-order valence-electron chi connectivity index (χ4n) is 0.768. The van der Waals surface area contributed by atoms with Gasteiger partial charge in [-0.25, -0.2) is 0 Å². The van der Waals surface area contributed by atoms with Crippen molar-refractivity contribution in [1.29, 1.82) is 0 Å². The summed E-state index contributed by atoms with van der Waals surface area (Å²) in [4.78, 5) is 0. The van der Waals surface area contributed by atoms with Gasteiger partial charge in [-0.3, -0.25) is 0 Å². The second kappa shape index (κ2) is 3.53. The van der Waals surface area contributed by atoms with Crippen LogP contribution in [0.15, 0.2) is 28.9 Å². The average molecular weight is 214 g/mol. The molecule has 0 bridgehead atoms. The predicted octanol–water partition coefficient (Wildman–Crippen LogP) is 2.12. The molecule has 0 saturated heterocycles. The molecule has 0 atom stereocenters. The van der Waals surface area contributed by atoms with Crippen molar-refractivity contribution in [3.63, 3.8) is 0 Å². The topological polar surface area (TPSA) is 26.9 Å². The second-order valence-corrected chi connectivity index (χ2v) is 3.01. The van der Waals surface area contributed by atoms with Crippen molar-refractivity contribution in [3.8, 4) is 0 Å². The molecule has 58 valence electrons. The smallest absolute Gasteiger partial charge is 0.216 e. The van der Waals surface area contributed by atoms with Crippen LogP contribution in [0.25, 0.3) is 6.08 Å². The molecule has 0 radical (unpaired) electrons. The van der Waals surface area contributed by atoms with Gasteiger partial charge in [-0.1, -0.05) is 6.08 Å². The number of halogens is 1. The molecule has 1 aromatic heterocycles. The van der Waals surface area contributed by atoms with Crippen molar-refractivity contribution in [3.05, 3.63) is 39.8 Å². The van der Waals surface area contributed by atoms with E-state index < -0.39 is 0 Å². The average Bonchev–Trinajstić information content (AvgIpc) is 1.95. The summed E-state index contributed by atoms with van der Waals surface area (Å²) in [7, 11) is 0. The van der Waals surface area contributed by atoms with Gasteiger partial charge >= 0.3 is 0 Å². The Balaban J connectivity index is 3.09. The van der Waals surface area contributed by atoms with Crippen LogP contribution in [0.5, 0.6) is 0 Å². The fourth-order valence-corrected chi connectivity index (χ4v) is 1.09. The van der Waals surface area contributed by atoms with E-state index in [4.69, 9.17) is 0 Å². The van der Waals surface area contributed by atoms with Gasteiger partial charge in [0, 0.05) is 12.1 Å². The molecule has 0 unspecified atom stereocenters. The SMILES string of the molecule is CC=Cc1ccc(Br)c[n+]1[O-]. The second-order valence-electron chi connectivity index (χ2n) is 2.10. The third-order valence-corrected chi connectivity index (χ3v) is 1.71. The number of hydrogen-bond acceptors (Lipinski definition) is 1. The van der Waals surface area contributed by atoms with E-state index in [0.29, 0.717) is 5.69 Å². The van der Waals surface area contributed by atoms with Crippen molar-refractivity contribution in [2.75, 3.05) is 0 Å². The number of rotatable bonds is 1. The Morgan fingerprint density at radius 3 is 2.82 bits per heavy atom. The molecule has 0 aliphatic rings. The lowest BCUT2D eigenvalue weighted by atomic mass is 10.3. The van der Waals surface area contributed by atoms with E-state index in [2.05, 4.69) is 15.9 Å². The molecule has 11 heavy (non-hydrogen) atoms. The summed E-state index contributed by atoms with van der Waals surface area (Å²) in [6, 6.07) is 3.60. The lowest BCUT2D eigenvalue weighted by Crippen LogP contribution is -2.28. The number of hydrogen-bond donors (Lipinski definition) is 0. The van der Waals surface area contributed by atoms with Crippen LogP contribution in [0, 0.1) is 5.21 Å². The van der Waals surface area contributed by atoms with Crippen LogP contribution in [-0.2, 0) is 0 Å². The number of aromatic nitrogens is 1. The van der Waals surface area contributed by atoms with Gasteiger partial charge in [0.2, 0.25) is 5.69 Å². The van der Waals surface area contributed by atoms with E-state index in [0.717, 1.165) is 9.20 Å². The summed E-state index contributed by atoms with van der Waals surface area (Å²) in [6.07, 6.45) is 5.08. The van der Waals surface area contributed by atoms with Crippen molar-refractivity contribution in [2.24, 2.45) is 0 Å². The highest BCUT2D eigenvalue weighted by Gasteiger charge is 1.99. The molecule has 0 fully saturated rings. The van der Waals surface area contributed by atoms with E-state index in [9.17, 15) is 5.21 Å². The van der Waals surface area contributed by atoms with Gasteiger partial charge in [0.15, 0.2) is 6.20 Å². The zero-order valence-corrected chi connectivity index (χ0v) is 7.71. The minimum atomic E-state index is 0.649. The summed E-state index contributed by atoms with van der Waals surface area (Å²) in [5, 5.41) is 11.1. The molecule has 2 nitrogen and oxygen atoms in total. The molecule has 0 amide bonds. The Kier molecular flexibility index (Phi) is 2.65. The molecule has 1 heterocycles. The highest BCUT2D eigenvalue weighted by atomic mass is 79.9. The monoisotopic (exact) mass is 213 g/mol. The van der Waals surface area contributed by atoms with Crippen LogP contribution in [0.3, 0.4) is 0 Å². The number of allylic oxidation sites excluding steroid dienone is 1. The van der Waals surface area contributed by atoms with Crippen molar-refractivity contribution in [1.82, 2.24) is 0 Å². The van der Waals surface area contributed by atoms with E-state index in [1.54, 1.807) is 12.1 Å². The quantitative estimate of drug-likeness (QED) is 0.519. The maximum absolute atomic E-state index is 11.1. The summed E-state index contributed by atoms with van der Waals surface area (Å²) < 4.78 is 1.62. The van der Waals surface area contributed by atoms with E-state index >= 15 is 0 Å². The summed E-state index contributed by atoms with van der Waals surface area (Å²) in [5.41, 5.74) is 0.649. The zero-order valence-electron chi connectivity index (χ0n) is 6.12. The predicted molar refractivity (Wildman–Crippen MR) is 47.8 cm³/mol. The molecule has 0 aliphatic heterocycles. The van der Waals surface area contributed by atoms with Crippen LogP contribution in [0.2, 0.25) is 0 Å². The highest BCUT2D eigenvalue weighted by Crippen LogP contribution is 2.06. The van der Waals surface area contributed by atoms with Gasteiger partial charge in [0.05, 0.1) is 4.47 Å². The molecule has 0 spiro atoms. The lowest BCUT2D eigenvalue weighted by Gasteiger charge is -1.99. The lowest BCUT2D eigenvalue weighted by molar-refractivity contribution is -0.608. The maximum Gasteiger partial charge on any atom is 0.216 e. The molecule has 0 N–H and O–H groups in total. The minimum absolute atomic E-state index is 0.649. The molecule has 0 saturated carbocycles. The van der Waals surface area contributed by atoms with Gasteiger partial charge in [-0.15, -0.1) is 0 Å². The fraction of sp³-hybridized carbons (Fsp3) is 0.125. The van der Waals surface area contributed by atoms with Crippen LogP contribution >= 0.6 is 15.9 Å². The number of pyridine rings is 1. The van der Waals surface area contributed by atoms with Gasteiger partial charge in [0.1, 0.15) is 0 Å². The van der Waals surface area contributed by atoms with Crippen LogP contribution < -0.4 is 4.73 Å². The van der Waals surface area contributed by atoms with Crippen molar-refractivity contribution in [2.45, 2.75) is 6.92 Å². The highest BCUT2D eigenvalue weighted by molar-refractivity contribution is 9.10.